The van der Waals surface area contributed by atoms with Crippen molar-refractivity contribution in [3.05, 3.63) is 58.6 Å². The lowest BCUT2D eigenvalue weighted by molar-refractivity contribution is 0.0954. The second-order valence-electron chi connectivity index (χ2n) is 4.82. The molecule has 0 atom stereocenters. The Morgan fingerprint density at radius 3 is 2.46 bits per heavy atom. The van der Waals surface area contributed by atoms with Gasteiger partial charge in [0.05, 0.1) is 16.5 Å². The molecule has 2 rings (SSSR count). The molecule has 0 unspecified atom stereocenters. The molecule has 0 aliphatic heterocycles. The van der Waals surface area contributed by atoms with Crippen molar-refractivity contribution < 1.29 is 17.9 Å². The summed E-state index contributed by atoms with van der Waals surface area (Å²) in [5.74, 6) is 0.297. The number of amides is 1. The van der Waals surface area contributed by atoms with Gasteiger partial charge in [0.25, 0.3) is 5.91 Å². The minimum atomic E-state index is -3.66. The summed E-state index contributed by atoms with van der Waals surface area (Å²) in [7, 11) is -2.16. The van der Waals surface area contributed by atoms with E-state index in [0.29, 0.717) is 15.8 Å². The summed E-state index contributed by atoms with van der Waals surface area (Å²) in [5, 5.41) is 2.66. The molecule has 0 saturated heterocycles. The van der Waals surface area contributed by atoms with Gasteiger partial charge in [-0.05, 0) is 46.3 Å². The summed E-state index contributed by atoms with van der Waals surface area (Å²) < 4.78 is 32.5. The largest absolute Gasteiger partial charge is 0.496 e. The Morgan fingerprint density at radius 1 is 1.12 bits per heavy atom. The highest BCUT2D eigenvalue weighted by Gasteiger charge is 2.15. The number of methoxy groups -OCH3 is 1. The van der Waals surface area contributed by atoms with Crippen molar-refractivity contribution in [2.45, 2.75) is 4.90 Å². The molecule has 0 saturated carbocycles. The first kappa shape index (κ1) is 18.4. The molecule has 2 aromatic carbocycles. The Kier molecular flexibility index (Phi) is 6.36. The second-order valence-corrected chi connectivity index (χ2v) is 7.44. The van der Waals surface area contributed by atoms with Crippen molar-refractivity contribution in [1.29, 1.82) is 0 Å². The van der Waals surface area contributed by atoms with E-state index in [-0.39, 0.29) is 23.9 Å². The molecule has 0 aliphatic rings. The molecule has 0 radical (unpaired) electrons. The summed E-state index contributed by atoms with van der Waals surface area (Å²) in [4.78, 5) is 12.0. The van der Waals surface area contributed by atoms with Crippen molar-refractivity contribution in [2.24, 2.45) is 0 Å². The number of hydrogen-bond donors (Lipinski definition) is 2. The molecule has 0 heterocycles. The number of carbonyl (C=O) groups excluding carboxylic acids is 1. The van der Waals surface area contributed by atoms with E-state index in [1.807, 2.05) is 6.07 Å². The lowest BCUT2D eigenvalue weighted by Crippen LogP contribution is -2.34. The van der Waals surface area contributed by atoms with Crippen LogP contribution < -0.4 is 14.8 Å². The van der Waals surface area contributed by atoms with Crippen LogP contribution in [0.25, 0.3) is 0 Å². The van der Waals surface area contributed by atoms with E-state index >= 15 is 0 Å². The van der Waals surface area contributed by atoms with Crippen molar-refractivity contribution in [3.63, 3.8) is 0 Å². The third kappa shape index (κ3) is 4.80. The summed E-state index contributed by atoms with van der Waals surface area (Å²) >= 11 is 3.25. The van der Waals surface area contributed by atoms with Crippen LogP contribution in [0.15, 0.2) is 57.9 Å². The zero-order valence-corrected chi connectivity index (χ0v) is 15.4. The zero-order chi connectivity index (χ0) is 17.6. The smallest absolute Gasteiger partial charge is 0.251 e. The summed E-state index contributed by atoms with van der Waals surface area (Å²) in [5.41, 5.74) is 0.527. The Labute approximate surface area is 149 Å². The Balaban J connectivity index is 1.89. The van der Waals surface area contributed by atoms with Crippen LogP contribution in [-0.2, 0) is 10.0 Å². The van der Waals surface area contributed by atoms with Crippen LogP contribution >= 0.6 is 15.9 Å². The highest BCUT2D eigenvalue weighted by Crippen LogP contribution is 2.27. The second kappa shape index (κ2) is 8.27. The molecular weight excluding hydrogens is 396 g/mol. The van der Waals surface area contributed by atoms with Gasteiger partial charge in [-0.3, -0.25) is 4.79 Å². The predicted molar refractivity (Wildman–Crippen MR) is 94.7 cm³/mol. The van der Waals surface area contributed by atoms with Gasteiger partial charge >= 0.3 is 0 Å². The SMILES string of the molecule is COc1ccc(S(=O)(=O)NCCNC(=O)c2ccccc2)cc1Br. The van der Waals surface area contributed by atoms with Crippen LogP contribution in [0.3, 0.4) is 0 Å². The monoisotopic (exact) mass is 412 g/mol. The Bertz CT molecular complexity index is 810. The van der Waals surface area contributed by atoms with E-state index in [1.165, 1.54) is 19.2 Å². The fraction of sp³-hybridized carbons (Fsp3) is 0.188. The maximum atomic E-state index is 12.2. The predicted octanol–water partition coefficient (Wildman–Crippen LogP) is 2.17. The number of carbonyl (C=O) groups is 1. The minimum absolute atomic E-state index is 0.0879. The molecule has 0 spiro atoms. The Hall–Kier alpha value is -1.90. The van der Waals surface area contributed by atoms with Crippen LogP contribution in [0.1, 0.15) is 10.4 Å². The summed E-state index contributed by atoms with van der Waals surface area (Å²) in [6.45, 7) is 0.273. The average molecular weight is 413 g/mol. The molecule has 2 aromatic rings. The number of rotatable bonds is 7. The third-order valence-corrected chi connectivity index (χ3v) is 5.25. The van der Waals surface area contributed by atoms with E-state index in [2.05, 4.69) is 26.0 Å². The van der Waals surface area contributed by atoms with Gasteiger partial charge in [0.1, 0.15) is 5.75 Å². The van der Waals surface area contributed by atoms with Gasteiger partial charge < -0.3 is 10.1 Å². The van der Waals surface area contributed by atoms with Gasteiger partial charge in [0, 0.05) is 18.7 Å². The average Bonchev–Trinajstić information content (AvgIpc) is 2.59. The van der Waals surface area contributed by atoms with Crippen molar-refractivity contribution in [2.75, 3.05) is 20.2 Å². The zero-order valence-electron chi connectivity index (χ0n) is 13.0. The van der Waals surface area contributed by atoms with E-state index < -0.39 is 10.0 Å². The number of sulfonamides is 1. The first-order valence-electron chi connectivity index (χ1n) is 7.10. The van der Waals surface area contributed by atoms with E-state index in [1.54, 1.807) is 30.3 Å². The maximum absolute atomic E-state index is 12.2. The maximum Gasteiger partial charge on any atom is 0.251 e. The van der Waals surface area contributed by atoms with E-state index in [0.717, 1.165) is 0 Å². The number of halogens is 1. The molecule has 0 aromatic heterocycles. The molecular formula is C16H17BrN2O4S. The minimum Gasteiger partial charge on any atom is -0.496 e. The molecule has 2 N–H and O–H groups in total. The van der Waals surface area contributed by atoms with Crippen molar-refractivity contribution >= 4 is 31.9 Å². The normalized spacial score (nSPS) is 11.1. The summed E-state index contributed by atoms with van der Waals surface area (Å²) in [6.07, 6.45) is 0. The quantitative estimate of drug-likeness (QED) is 0.682. The standard InChI is InChI=1S/C16H17BrN2O4S/c1-23-15-8-7-13(11-14(15)17)24(21,22)19-10-9-18-16(20)12-5-3-2-4-6-12/h2-8,11,19H,9-10H2,1H3,(H,18,20). The van der Waals surface area contributed by atoms with Crippen molar-refractivity contribution in [1.82, 2.24) is 10.0 Å². The van der Waals surface area contributed by atoms with Gasteiger partial charge in [-0.1, -0.05) is 18.2 Å². The van der Waals surface area contributed by atoms with Crippen LogP contribution in [0, 0.1) is 0 Å². The molecule has 24 heavy (non-hydrogen) atoms. The van der Waals surface area contributed by atoms with Gasteiger partial charge in [0.2, 0.25) is 10.0 Å². The van der Waals surface area contributed by atoms with Crippen LogP contribution in [-0.4, -0.2) is 34.5 Å². The van der Waals surface area contributed by atoms with Gasteiger partial charge in [-0.15, -0.1) is 0 Å². The molecule has 128 valence electrons. The number of nitrogens with one attached hydrogen (secondary N) is 2. The fourth-order valence-corrected chi connectivity index (χ4v) is 3.70. The molecule has 1 amide bonds. The topological polar surface area (TPSA) is 84.5 Å². The highest BCUT2D eigenvalue weighted by atomic mass is 79.9. The molecule has 6 nitrogen and oxygen atoms in total. The molecule has 8 heteroatoms. The number of benzene rings is 2. The number of ether oxygens (including phenoxy) is 1. The van der Waals surface area contributed by atoms with E-state index in [9.17, 15) is 13.2 Å². The fourth-order valence-electron chi connectivity index (χ4n) is 1.95. The lowest BCUT2D eigenvalue weighted by atomic mass is 10.2. The first-order valence-corrected chi connectivity index (χ1v) is 9.38. The first-order chi connectivity index (χ1) is 11.4. The van der Waals surface area contributed by atoms with Crippen molar-refractivity contribution in [3.8, 4) is 5.75 Å². The van der Waals surface area contributed by atoms with Crippen LogP contribution in [0.2, 0.25) is 0 Å². The molecule has 0 fully saturated rings. The highest BCUT2D eigenvalue weighted by molar-refractivity contribution is 9.10. The Morgan fingerprint density at radius 2 is 1.83 bits per heavy atom. The summed E-state index contributed by atoms with van der Waals surface area (Å²) in [6, 6.07) is 13.2. The lowest BCUT2D eigenvalue weighted by Gasteiger charge is -2.10. The van der Waals surface area contributed by atoms with Crippen LogP contribution in [0.4, 0.5) is 0 Å². The van der Waals surface area contributed by atoms with Gasteiger partial charge in [-0.25, -0.2) is 13.1 Å². The third-order valence-electron chi connectivity index (χ3n) is 3.17. The van der Waals surface area contributed by atoms with Crippen LogP contribution in [0.5, 0.6) is 5.75 Å². The molecule has 0 bridgehead atoms. The van der Waals surface area contributed by atoms with Gasteiger partial charge in [-0.2, -0.15) is 0 Å². The van der Waals surface area contributed by atoms with Gasteiger partial charge in [0.15, 0.2) is 0 Å². The molecule has 0 aliphatic carbocycles. The van der Waals surface area contributed by atoms with E-state index in [4.69, 9.17) is 4.74 Å². The number of hydrogen-bond acceptors (Lipinski definition) is 4.